The fourth-order valence-electron chi connectivity index (χ4n) is 3.15. The largest absolute Gasteiger partial charge is 0.416 e. The second-order valence-electron chi connectivity index (χ2n) is 5.74. The van der Waals surface area contributed by atoms with Gasteiger partial charge in [-0.15, -0.1) is 0 Å². The van der Waals surface area contributed by atoms with E-state index in [9.17, 15) is 13.2 Å². The first-order valence-electron chi connectivity index (χ1n) is 7.51. The molecule has 2 atom stereocenters. The summed E-state index contributed by atoms with van der Waals surface area (Å²) in [4.78, 5) is 2.33. The van der Waals surface area contributed by atoms with Gasteiger partial charge in [0.2, 0.25) is 0 Å². The van der Waals surface area contributed by atoms with Crippen molar-refractivity contribution in [2.24, 2.45) is 0 Å². The second kappa shape index (κ2) is 6.79. The summed E-state index contributed by atoms with van der Waals surface area (Å²) < 4.78 is 38.5. The maximum Gasteiger partial charge on any atom is 0.416 e. The van der Waals surface area contributed by atoms with Crippen LogP contribution in [0.1, 0.15) is 43.4 Å². The van der Waals surface area contributed by atoms with Crippen molar-refractivity contribution < 1.29 is 13.2 Å². The van der Waals surface area contributed by atoms with E-state index in [0.717, 1.165) is 37.6 Å². The molecular formula is C16H23F3N2. The Morgan fingerprint density at radius 1 is 1.33 bits per heavy atom. The van der Waals surface area contributed by atoms with E-state index in [1.165, 1.54) is 18.6 Å². The minimum atomic E-state index is -4.28. The Balaban J connectivity index is 2.20. The lowest BCUT2D eigenvalue weighted by Gasteiger charge is -2.40. The molecule has 21 heavy (non-hydrogen) atoms. The van der Waals surface area contributed by atoms with Crippen LogP contribution in [-0.2, 0) is 6.18 Å². The zero-order valence-electron chi connectivity index (χ0n) is 12.6. The lowest BCUT2D eigenvalue weighted by molar-refractivity contribution is -0.137. The molecule has 0 aromatic heterocycles. The summed E-state index contributed by atoms with van der Waals surface area (Å²) in [5.74, 6) is 0. The molecule has 0 amide bonds. The summed E-state index contributed by atoms with van der Waals surface area (Å²) in [6.07, 6.45) is -0.867. The Morgan fingerprint density at radius 2 is 2.10 bits per heavy atom. The number of likely N-dealkylation sites (tertiary alicyclic amines) is 1. The van der Waals surface area contributed by atoms with Crippen molar-refractivity contribution in [3.8, 4) is 0 Å². The number of rotatable bonds is 4. The first kappa shape index (κ1) is 16.3. The Hall–Kier alpha value is -1.07. The normalized spacial score (nSPS) is 22.2. The molecule has 0 bridgehead atoms. The molecule has 5 heteroatoms. The van der Waals surface area contributed by atoms with Crippen LogP contribution in [0.4, 0.5) is 13.2 Å². The van der Waals surface area contributed by atoms with Crippen molar-refractivity contribution in [2.75, 3.05) is 20.1 Å². The average molecular weight is 300 g/mol. The summed E-state index contributed by atoms with van der Waals surface area (Å²) >= 11 is 0. The van der Waals surface area contributed by atoms with Crippen LogP contribution in [0.2, 0.25) is 0 Å². The van der Waals surface area contributed by atoms with E-state index in [0.29, 0.717) is 6.04 Å². The molecule has 2 unspecified atom stereocenters. The predicted octanol–water partition coefficient (Wildman–Crippen LogP) is 3.84. The number of likely N-dealkylation sites (N-methyl/N-ethyl adjacent to an activating group) is 1. The molecule has 1 fully saturated rings. The lowest BCUT2D eigenvalue weighted by atomic mass is 9.96. The van der Waals surface area contributed by atoms with E-state index in [1.54, 1.807) is 6.07 Å². The van der Waals surface area contributed by atoms with E-state index in [1.807, 2.05) is 14.0 Å². The quantitative estimate of drug-likeness (QED) is 0.909. The second-order valence-corrected chi connectivity index (χ2v) is 5.74. The molecule has 0 saturated carbocycles. The van der Waals surface area contributed by atoms with E-state index in [4.69, 9.17) is 0 Å². The van der Waals surface area contributed by atoms with Gasteiger partial charge in [0, 0.05) is 18.6 Å². The maximum atomic E-state index is 12.8. The van der Waals surface area contributed by atoms with E-state index in [-0.39, 0.29) is 6.04 Å². The molecule has 2 rings (SSSR count). The van der Waals surface area contributed by atoms with Crippen molar-refractivity contribution in [3.63, 3.8) is 0 Å². The van der Waals surface area contributed by atoms with Gasteiger partial charge in [0.05, 0.1) is 5.56 Å². The fraction of sp³-hybridized carbons (Fsp3) is 0.625. The highest BCUT2D eigenvalue weighted by atomic mass is 19.4. The van der Waals surface area contributed by atoms with Gasteiger partial charge in [0.25, 0.3) is 0 Å². The smallest absolute Gasteiger partial charge is 0.318 e. The standard InChI is InChI=1S/C16H23F3N2/c1-12(21-9-4-3-8-15(21)11-20-2)13-6-5-7-14(10-13)16(17,18)19/h5-7,10,12,15,20H,3-4,8-9,11H2,1-2H3. The minimum Gasteiger partial charge on any atom is -0.318 e. The van der Waals surface area contributed by atoms with Crippen molar-refractivity contribution in [1.29, 1.82) is 0 Å². The summed E-state index contributed by atoms with van der Waals surface area (Å²) in [5, 5.41) is 3.19. The SMILES string of the molecule is CNCC1CCCCN1C(C)c1cccc(C(F)(F)F)c1. The van der Waals surface area contributed by atoms with Crippen LogP contribution in [0, 0.1) is 0 Å². The predicted molar refractivity (Wildman–Crippen MR) is 78.1 cm³/mol. The van der Waals surface area contributed by atoms with Gasteiger partial charge in [0.15, 0.2) is 0 Å². The van der Waals surface area contributed by atoms with Crippen LogP contribution in [0.15, 0.2) is 24.3 Å². The summed E-state index contributed by atoms with van der Waals surface area (Å²) in [7, 11) is 1.92. The summed E-state index contributed by atoms with van der Waals surface area (Å²) in [5.41, 5.74) is 0.182. The highest BCUT2D eigenvalue weighted by molar-refractivity contribution is 5.28. The number of halogens is 3. The topological polar surface area (TPSA) is 15.3 Å². The van der Waals surface area contributed by atoms with Crippen molar-refractivity contribution in [2.45, 2.75) is 44.4 Å². The fourth-order valence-corrected chi connectivity index (χ4v) is 3.15. The Morgan fingerprint density at radius 3 is 2.76 bits per heavy atom. The number of nitrogens with zero attached hydrogens (tertiary/aromatic N) is 1. The molecule has 1 heterocycles. The molecular weight excluding hydrogens is 277 g/mol. The average Bonchev–Trinajstić information content (AvgIpc) is 2.47. The van der Waals surface area contributed by atoms with Gasteiger partial charge >= 0.3 is 6.18 Å². The molecule has 1 aromatic carbocycles. The molecule has 1 aliphatic heterocycles. The summed E-state index contributed by atoms with van der Waals surface area (Å²) in [6.45, 7) is 3.83. The zero-order chi connectivity index (χ0) is 15.5. The number of alkyl halides is 3. The first-order valence-corrected chi connectivity index (χ1v) is 7.51. The third-order valence-electron chi connectivity index (χ3n) is 4.31. The molecule has 118 valence electrons. The Bertz CT molecular complexity index is 457. The van der Waals surface area contributed by atoms with Gasteiger partial charge in [-0.1, -0.05) is 18.6 Å². The van der Waals surface area contributed by atoms with E-state index >= 15 is 0 Å². The number of hydrogen-bond donors (Lipinski definition) is 1. The Labute approximate surface area is 124 Å². The van der Waals surface area contributed by atoms with E-state index in [2.05, 4.69) is 10.2 Å². The molecule has 0 radical (unpaired) electrons. The van der Waals surface area contributed by atoms with Crippen LogP contribution in [0.5, 0.6) is 0 Å². The van der Waals surface area contributed by atoms with Crippen LogP contribution < -0.4 is 5.32 Å². The molecule has 0 spiro atoms. The molecule has 1 saturated heterocycles. The number of nitrogens with one attached hydrogen (secondary N) is 1. The zero-order valence-corrected chi connectivity index (χ0v) is 12.6. The molecule has 2 nitrogen and oxygen atoms in total. The highest BCUT2D eigenvalue weighted by Crippen LogP contribution is 2.33. The minimum absolute atomic E-state index is 0.00551. The van der Waals surface area contributed by atoms with Crippen LogP contribution in [0.3, 0.4) is 0 Å². The number of hydrogen-bond acceptors (Lipinski definition) is 2. The number of piperidine rings is 1. The van der Waals surface area contributed by atoms with E-state index < -0.39 is 11.7 Å². The number of benzene rings is 1. The first-order chi connectivity index (χ1) is 9.93. The van der Waals surface area contributed by atoms with Gasteiger partial charge < -0.3 is 5.32 Å². The monoisotopic (exact) mass is 300 g/mol. The van der Waals surface area contributed by atoms with Gasteiger partial charge in [-0.05, 0) is 51.1 Å². The third kappa shape index (κ3) is 3.98. The van der Waals surface area contributed by atoms with Crippen LogP contribution in [-0.4, -0.2) is 31.1 Å². The maximum absolute atomic E-state index is 12.8. The van der Waals surface area contributed by atoms with Gasteiger partial charge in [-0.3, -0.25) is 4.90 Å². The third-order valence-corrected chi connectivity index (χ3v) is 4.31. The highest BCUT2D eigenvalue weighted by Gasteiger charge is 2.32. The molecule has 1 aromatic rings. The van der Waals surface area contributed by atoms with Gasteiger partial charge in [-0.25, -0.2) is 0 Å². The van der Waals surface area contributed by atoms with Crippen LogP contribution >= 0.6 is 0 Å². The van der Waals surface area contributed by atoms with Crippen molar-refractivity contribution >= 4 is 0 Å². The molecule has 0 aliphatic carbocycles. The molecule has 1 aliphatic rings. The van der Waals surface area contributed by atoms with Gasteiger partial charge in [-0.2, -0.15) is 13.2 Å². The summed E-state index contributed by atoms with van der Waals surface area (Å²) in [6, 6.07) is 6.13. The van der Waals surface area contributed by atoms with Crippen molar-refractivity contribution in [1.82, 2.24) is 10.2 Å². The Kier molecular flexibility index (Phi) is 5.27. The molecule has 1 N–H and O–H groups in total. The van der Waals surface area contributed by atoms with Crippen molar-refractivity contribution in [3.05, 3.63) is 35.4 Å². The van der Waals surface area contributed by atoms with Crippen LogP contribution in [0.25, 0.3) is 0 Å². The lowest BCUT2D eigenvalue weighted by Crippen LogP contribution is -2.45. The van der Waals surface area contributed by atoms with Gasteiger partial charge in [0.1, 0.15) is 0 Å².